The Morgan fingerprint density at radius 1 is 1.50 bits per heavy atom. The number of aromatic nitrogens is 2. The summed E-state index contributed by atoms with van der Waals surface area (Å²) in [5, 5.41) is 7.30. The molecule has 5 nitrogen and oxygen atoms in total. The summed E-state index contributed by atoms with van der Waals surface area (Å²) in [5.41, 5.74) is 0.822. The third-order valence-electron chi connectivity index (χ3n) is 2.52. The van der Waals surface area contributed by atoms with Crippen LogP contribution >= 0.6 is 0 Å². The molecule has 0 aromatic carbocycles. The molecule has 0 bridgehead atoms. The highest BCUT2D eigenvalue weighted by Crippen LogP contribution is 2.05. The quantitative estimate of drug-likeness (QED) is 0.707. The lowest BCUT2D eigenvalue weighted by atomic mass is 10.4. The minimum absolute atomic E-state index is 0.0456. The third-order valence-corrected chi connectivity index (χ3v) is 2.52. The molecule has 0 spiro atoms. The van der Waals surface area contributed by atoms with Crippen molar-refractivity contribution in [3.63, 3.8) is 0 Å². The van der Waals surface area contributed by atoms with Gasteiger partial charge in [-0.25, -0.2) is 4.68 Å². The van der Waals surface area contributed by atoms with Crippen LogP contribution in [0.1, 0.15) is 13.8 Å². The van der Waals surface area contributed by atoms with Gasteiger partial charge in [-0.2, -0.15) is 5.10 Å². The molecule has 0 unspecified atom stereocenters. The van der Waals surface area contributed by atoms with Crippen LogP contribution in [-0.4, -0.2) is 36.5 Å². The third kappa shape index (κ3) is 3.34. The molecule has 1 N–H and O–H groups in total. The molecule has 0 radical (unpaired) electrons. The molecule has 0 saturated carbocycles. The van der Waals surface area contributed by atoms with E-state index in [2.05, 4.69) is 10.4 Å². The molecular formula is C11H20N4O. The van der Waals surface area contributed by atoms with Crippen molar-refractivity contribution in [1.82, 2.24) is 15.1 Å². The fourth-order valence-corrected chi connectivity index (χ4v) is 1.35. The van der Waals surface area contributed by atoms with E-state index in [0.29, 0.717) is 6.54 Å². The maximum atomic E-state index is 11.7. The summed E-state index contributed by atoms with van der Waals surface area (Å²) in [4.78, 5) is 13.7. The zero-order valence-electron chi connectivity index (χ0n) is 10.2. The van der Waals surface area contributed by atoms with Crippen molar-refractivity contribution in [2.75, 3.05) is 31.6 Å². The molecule has 0 aliphatic carbocycles. The van der Waals surface area contributed by atoms with Crippen molar-refractivity contribution in [2.45, 2.75) is 20.4 Å². The van der Waals surface area contributed by atoms with E-state index in [0.717, 1.165) is 25.3 Å². The maximum Gasteiger partial charge on any atom is 0.268 e. The van der Waals surface area contributed by atoms with E-state index in [1.807, 2.05) is 25.8 Å². The molecule has 1 aromatic rings. The number of hydrogen-bond donors (Lipinski definition) is 1. The summed E-state index contributed by atoms with van der Waals surface area (Å²) in [6, 6.07) is 1.63. The maximum absolute atomic E-state index is 11.7. The Balaban J connectivity index is 2.72. The van der Waals surface area contributed by atoms with Crippen molar-refractivity contribution >= 4 is 5.69 Å². The van der Waals surface area contributed by atoms with Crippen molar-refractivity contribution in [3.05, 3.63) is 22.6 Å². The van der Waals surface area contributed by atoms with Crippen LogP contribution < -0.4 is 15.8 Å². The highest BCUT2D eigenvalue weighted by atomic mass is 16.1. The average molecular weight is 224 g/mol. The number of nitrogens with one attached hydrogen (secondary N) is 1. The Morgan fingerprint density at radius 2 is 2.25 bits per heavy atom. The standard InChI is InChI=1S/C11H20N4O/c1-4-12-6-7-15-11(16)8-10(9-13-15)14(3)5-2/h8-9,12H,4-7H2,1-3H3. The van der Waals surface area contributed by atoms with Gasteiger partial charge in [0.2, 0.25) is 0 Å². The Hall–Kier alpha value is -1.36. The second-order valence-corrected chi connectivity index (χ2v) is 3.64. The molecule has 0 saturated heterocycles. The predicted molar refractivity (Wildman–Crippen MR) is 66.0 cm³/mol. The number of anilines is 1. The molecule has 0 fully saturated rings. The minimum atomic E-state index is -0.0456. The first-order chi connectivity index (χ1) is 7.69. The smallest absolute Gasteiger partial charge is 0.268 e. The van der Waals surface area contributed by atoms with Gasteiger partial charge in [0.15, 0.2) is 0 Å². The lowest BCUT2D eigenvalue weighted by molar-refractivity contribution is 0.540. The topological polar surface area (TPSA) is 50.2 Å². The fourth-order valence-electron chi connectivity index (χ4n) is 1.35. The second kappa shape index (κ2) is 6.27. The molecule has 5 heteroatoms. The Bertz CT molecular complexity index is 374. The number of hydrogen-bond acceptors (Lipinski definition) is 4. The van der Waals surface area contributed by atoms with E-state index < -0.39 is 0 Å². The van der Waals surface area contributed by atoms with Crippen LogP contribution in [0, 0.1) is 0 Å². The van der Waals surface area contributed by atoms with E-state index in [-0.39, 0.29) is 5.56 Å². The summed E-state index contributed by atoms with van der Waals surface area (Å²) >= 11 is 0. The second-order valence-electron chi connectivity index (χ2n) is 3.64. The van der Waals surface area contributed by atoms with E-state index >= 15 is 0 Å². The van der Waals surface area contributed by atoms with Crippen molar-refractivity contribution in [2.24, 2.45) is 0 Å². The highest BCUT2D eigenvalue weighted by Gasteiger charge is 2.02. The molecule has 1 heterocycles. The van der Waals surface area contributed by atoms with Crippen molar-refractivity contribution in [1.29, 1.82) is 0 Å². The molecule has 1 rings (SSSR count). The minimum Gasteiger partial charge on any atom is -0.373 e. The molecule has 16 heavy (non-hydrogen) atoms. The summed E-state index contributed by atoms with van der Waals surface area (Å²) < 4.78 is 1.48. The first-order valence-electron chi connectivity index (χ1n) is 5.68. The average Bonchev–Trinajstić information content (AvgIpc) is 2.30. The van der Waals surface area contributed by atoms with Crippen LogP contribution in [0.2, 0.25) is 0 Å². The monoisotopic (exact) mass is 224 g/mol. The molecule has 90 valence electrons. The van der Waals surface area contributed by atoms with Crippen LogP contribution in [0.15, 0.2) is 17.1 Å². The number of rotatable bonds is 6. The molecular weight excluding hydrogens is 204 g/mol. The van der Waals surface area contributed by atoms with Crippen molar-refractivity contribution in [3.8, 4) is 0 Å². The van der Waals surface area contributed by atoms with Crippen LogP contribution in [0.4, 0.5) is 5.69 Å². The lowest BCUT2D eigenvalue weighted by Crippen LogP contribution is -2.29. The summed E-state index contributed by atoms with van der Waals surface area (Å²) in [7, 11) is 1.94. The predicted octanol–water partition coefficient (Wildman–Crippen LogP) is 0.309. The Morgan fingerprint density at radius 3 is 2.81 bits per heavy atom. The van der Waals surface area contributed by atoms with Gasteiger partial charge in [-0.1, -0.05) is 6.92 Å². The van der Waals surface area contributed by atoms with Crippen LogP contribution in [0.5, 0.6) is 0 Å². The Labute approximate surface area is 96.1 Å². The molecule has 1 aromatic heterocycles. The molecule has 0 atom stereocenters. The first-order valence-corrected chi connectivity index (χ1v) is 5.68. The first kappa shape index (κ1) is 12.7. The lowest BCUT2D eigenvalue weighted by Gasteiger charge is -2.16. The SMILES string of the molecule is CCNCCn1ncc(N(C)CC)cc1=O. The van der Waals surface area contributed by atoms with Crippen molar-refractivity contribution < 1.29 is 0 Å². The fraction of sp³-hybridized carbons (Fsp3) is 0.636. The van der Waals surface area contributed by atoms with E-state index in [9.17, 15) is 4.79 Å². The molecule has 0 amide bonds. The molecule has 0 aliphatic rings. The highest BCUT2D eigenvalue weighted by molar-refractivity contribution is 5.41. The zero-order chi connectivity index (χ0) is 12.0. The van der Waals surface area contributed by atoms with Crippen LogP contribution in [0.3, 0.4) is 0 Å². The van der Waals surface area contributed by atoms with Gasteiger partial charge in [0.25, 0.3) is 5.56 Å². The van der Waals surface area contributed by atoms with E-state index in [1.165, 1.54) is 4.68 Å². The van der Waals surface area contributed by atoms with Gasteiger partial charge in [0, 0.05) is 26.2 Å². The summed E-state index contributed by atoms with van der Waals surface area (Å²) in [6.07, 6.45) is 1.73. The van der Waals surface area contributed by atoms with Crippen LogP contribution in [-0.2, 0) is 6.54 Å². The molecule has 0 aliphatic heterocycles. The van der Waals surface area contributed by atoms with Gasteiger partial charge < -0.3 is 10.2 Å². The summed E-state index contributed by atoms with van der Waals surface area (Å²) in [5.74, 6) is 0. The number of nitrogens with zero attached hydrogens (tertiary/aromatic N) is 3. The van der Waals surface area contributed by atoms with Crippen LogP contribution in [0.25, 0.3) is 0 Å². The Kier molecular flexibility index (Phi) is 4.98. The van der Waals surface area contributed by atoms with Gasteiger partial charge >= 0.3 is 0 Å². The zero-order valence-corrected chi connectivity index (χ0v) is 10.2. The van der Waals surface area contributed by atoms with E-state index in [1.54, 1.807) is 12.3 Å². The normalized spacial score (nSPS) is 10.4. The van der Waals surface area contributed by atoms with Gasteiger partial charge in [0.1, 0.15) is 0 Å². The number of likely N-dealkylation sites (N-methyl/N-ethyl adjacent to an activating group) is 1. The largest absolute Gasteiger partial charge is 0.373 e. The van der Waals surface area contributed by atoms with E-state index in [4.69, 9.17) is 0 Å². The van der Waals surface area contributed by atoms with Gasteiger partial charge in [-0.3, -0.25) is 4.79 Å². The van der Waals surface area contributed by atoms with Gasteiger partial charge in [-0.05, 0) is 13.5 Å². The van der Waals surface area contributed by atoms with Gasteiger partial charge in [-0.15, -0.1) is 0 Å². The van der Waals surface area contributed by atoms with Gasteiger partial charge in [0.05, 0.1) is 18.4 Å². The summed E-state index contributed by atoms with van der Waals surface area (Å²) in [6.45, 7) is 7.23.